The van der Waals surface area contributed by atoms with Gasteiger partial charge in [-0.15, -0.1) is 0 Å². The average molecular weight is 247 g/mol. The van der Waals surface area contributed by atoms with Crippen LogP contribution in [-0.2, 0) is 26.0 Å². The van der Waals surface area contributed by atoms with E-state index in [4.69, 9.17) is 9.26 Å². The van der Waals surface area contributed by atoms with Gasteiger partial charge in [0.2, 0.25) is 0 Å². The molecule has 0 atom stereocenters. The van der Waals surface area contributed by atoms with Crippen LogP contribution >= 0.6 is 0 Å². The number of nitrogens with zero attached hydrogens (tertiary/aromatic N) is 3. The van der Waals surface area contributed by atoms with E-state index in [0.29, 0.717) is 6.61 Å². The van der Waals surface area contributed by atoms with Gasteiger partial charge in [0.25, 0.3) is 0 Å². The van der Waals surface area contributed by atoms with Crippen LogP contribution in [0.15, 0.2) is 16.9 Å². The molecule has 96 valence electrons. The summed E-state index contributed by atoms with van der Waals surface area (Å²) in [5.41, 5.74) is 2.19. The van der Waals surface area contributed by atoms with Crippen molar-refractivity contribution in [3.63, 3.8) is 0 Å². The van der Waals surface area contributed by atoms with Crippen LogP contribution in [0, 0.1) is 0 Å². The van der Waals surface area contributed by atoms with Gasteiger partial charge in [0.05, 0.1) is 12.4 Å². The van der Waals surface area contributed by atoms with Gasteiger partial charge >= 0.3 is 0 Å². The molecular weight excluding hydrogens is 230 g/mol. The Morgan fingerprint density at radius 1 is 1.39 bits per heavy atom. The summed E-state index contributed by atoms with van der Waals surface area (Å²) < 4.78 is 12.9. The zero-order valence-corrected chi connectivity index (χ0v) is 10.6. The van der Waals surface area contributed by atoms with Gasteiger partial charge in [-0.1, -0.05) is 5.16 Å². The first kappa shape index (κ1) is 11.3. The molecule has 5 heteroatoms. The molecule has 0 spiro atoms. The summed E-state index contributed by atoms with van der Waals surface area (Å²) in [5, 5.41) is 8.28. The Kier molecular flexibility index (Phi) is 3.04. The molecule has 3 rings (SSSR count). The Labute approximate surface area is 106 Å². The maximum atomic E-state index is 5.69. The molecule has 2 aromatic rings. The Hall–Kier alpha value is -1.78. The van der Waals surface area contributed by atoms with Crippen molar-refractivity contribution in [1.82, 2.24) is 14.9 Å². The summed E-state index contributed by atoms with van der Waals surface area (Å²) >= 11 is 0. The van der Waals surface area contributed by atoms with E-state index >= 15 is 0 Å². The molecule has 1 aliphatic carbocycles. The molecule has 0 radical (unpaired) electrons. The molecule has 0 aliphatic heterocycles. The summed E-state index contributed by atoms with van der Waals surface area (Å²) in [7, 11) is 0. The van der Waals surface area contributed by atoms with Crippen molar-refractivity contribution >= 4 is 0 Å². The quantitative estimate of drug-likeness (QED) is 0.832. The third-order valence-electron chi connectivity index (χ3n) is 3.34. The number of rotatable bonds is 4. The third-order valence-corrected chi connectivity index (χ3v) is 3.34. The minimum Gasteiger partial charge on any atom is -0.484 e. The number of fused-ring (bicyclic) bond motifs is 1. The lowest BCUT2D eigenvalue weighted by Gasteiger charge is -2.09. The molecule has 18 heavy (non-hydrogen) atoms. The zero-order valence-electron chi connectivity index (χ0n) is 10.6. The number of hydrogen-bond donors (Lipinski definition) is 0. The fraction of sp³-hybridized carbons (Fsp3) is 0.538. The summed E-state index contributed by atoms with van der Waals surface area (Å²) in [5.74, 6) is 1.83. The summed E-state index contributed by atoms with van der Waals surface area (Å²) in [4.78, 5) is 0. The van der Waals surface area contributed by atoms with E-state index in [-0.39, 0.29) is 0 Å². The van der Waals surface area contributed by atoms with E-state index in [9.17, 15) is 0 Å². The second kappa shape index (κ2) is 4.84. The number of aryl methyl sites for hydroxylation is 2. The van der Waals surface area contributed by atoms with Crippen molar-refractivity contribution < 1.29 is 9.26 Å². The minimum atomic E-state index is 0.467. The van der Waals surface area contributed by atoms with Crippen molar-refractivity contribution in [3.8, 4) is 5.75 Å². The summed E-state index contributed by atoms with van der Waals surface area (Å²) in [6.45, 7) is 3.36. The van der Waals surface area contributed by atoms with Crippen molar-refractivity contribution in [1.29, 1.82) is 0 Å². The van der Waals surface area contributed by atoms with Crippen molar-refractivity contribution in [2.75, 3.05) is 0 Å². The molecular formula is C13H17N3O2. The van der Waals surface area contributed by atoms with Gasteiger partial charge in [-0.2, -0.15) is 5.10 Å². The predicted molar refractivity (Wildman–Crippen MR) is 65.4 cm³/mol. The van der Waals surface area contributed by atoms with E-state index in [0.717, 1.165) is 36.6 Å². The van der Waals surface area contributed by atoms with Crippen molar-refractivity contribution in [3.05, 3.63) is 29.4 Å². The van der Waals surface area contributed by atoms with Crippen LogP contribution in [-0.4, -0.2) is 14.9 Å². The summed E-state index contributed by atoms with van der Waals surface area (Å²) in [6, 6.07) is 0. The van der Waals surface area contributed by atoms with Gasteiger partial charge in [-0.25, -0.2) is 0 Å². The van der Waals surface area contributed by atoms with E-state index in [2.05, 4.69) is 10.3 Å². The maximum Gasteiger partial charge on any atom is 0.157 e. The Balaban J connectivity index is 1.67. The lowest BCUT2D eigenvalue weighted by molar-refractivity contribution is 0.286. The third kappa shape index (κ3) is 2.12. The van der Waals surface area contributed by atoms with Gasteiger partial charge in [-0.3, -0.25) is 4.68 Å². The molecule has 0 saturated carbocycles. The van der Waals surface area contributed by atoms with E-state index in [1.165, 1.54) is 18.4 Å². The van der Waals surface area contributed by atoms with Crippen LogP contribution in [0.5, 0.6) is 5.75 Å². The largest absolute Gasteiger partial charge is 0.484 e. The standard InChI is InChI=1S/C13H17N3O2/c1-2-16-8-10(7-14-16)17-9-12-11-5-3-4-6-13(11)18-15-12/h7-8H,2-6,9H2,1H3. The summed E-state index contributed by atoms with van der Waals surface area (Å²) in [6.07, 6.45) is 8.12. The lowest BCUT2D eigenvalue weighted by Crippen LogP contribution is -2.04. The first-order chi connectivity index (χ1) is 8.86. The SMILES string of the molecule is CCn1cc(OCc2noc3c2CCCC3)cn1. The molecule has 0 fully saturated rings. The van der Waals surface area contributed by atoms with Gasteiger partial charge < -0.3 is 9.26 Å². The first-order valence-electron chi connectivity index (χ1n) is 6.48. The molecule has 0 amide bonds. The average Bonchev–Trinajstić information content (AvgIpc) is 3.03. The molecule has 0 bridgehead atoms. The smallest absolute Gasteiger partial charge is 0.157 e. The monoisotopic (exact) mass is 247 g/mol. The van der Waals surface area contributed by atoms with E-state index < -0.39 is 0 Å². The lowest BCUT2D eigenvalue weighted by atomic mass is 9.97. The van der Waals surface area contributed by atoms with Crippen LogP contribution < -0.4 is 4.74 Å². The topological polar surface area (TPSA) is 53.1 Å². The van der Waals surface area contributed by atoms with Crippen molar-refractivity contribution in [2.45, 2.75) is 45.8 Å². The van der Waals surface area contributed by atoms with Crippen LogP contribution in [0.4, 0.5) is 0 Å². The zero-order chi connectivity index (χ0) is 12.4. The van der Waals surface area contributed by atoms with Crippen LogP contribution in [0.3, 0.4) is 0 Å². The maximum absolute atomic E-state index is 5.69. The molecule has 0 unspecified atom stereocenters. The minimum absolute atomic E-state index is 0.467. The Bertz CT molecular complexity index is 530. The first-order valence-corrected chi connectivity index (χ1v) is 6.48. The Morgan fingerprint density at radius 3 is 3.11 bits per heavy atom. The number of ether oxygens (including phenoxy) is 1. The number of hydrogen-bond acceptors (Lipinski definition) is 4. The van der Waals surface area contributed by atoms with Crippen LogP contribution in [0.25, 0.3) is 0 Å². The highest BCUT2D eigenvalue weighted by molar-refractivity contribution is 5.25. The normalized spacial score (nSPS) is 14.5. The highest BCUT2D eigenvalue weighted by Gasteiger charge is 2.19. The molecule has 2 aromatic heterocycles. The van der Waals surface area contributed by atoms with Gasteiger partial charge in [0, 0.05) is 18.5 Å². The molecule has 1 aliphatic rings. The fourth-order valence-corrected chi connectivity index (χ4v) is 2.31. The molecule has 2 heterocycles. The highest BCUT2D eigenvalue weighted by Crippen LogP contribution is 2.25. The van der Waals surface area contributed by atoms with Gasteiger partial charge in [-0.05, 0) is 26.2 Å². The van der Waals surface area contributed by atoms with Gasteiger partial charge in [0.15, 0.2) is 5.75 Å². The second-order valence-corrected chi connectivity index (χ2v) is 4.56. The number of aromatic nitrogens is 3. The molecule has 0 N–H and O–H groups in total. The van der Waals surface area contributed by atoms with E-state index in [1.807, 2.05) is 17.8 Å². The van der Waals surface area contributed by atoms with Crippen molar-refractivity contribution in [2.24, 2.45) is 0 Å². The molecule has 0 saturated heterocycles. The molecule has 5 nitrogen and oxygen atoms in total. The highest BCUT2D eigenvalue weighted by atomic mass is 16.5. The molecule has 0 aromatic carbocycles. The Morgan fingerprint density at radius 2 is 2.28 bits per heavy atom. The van der Waals surface area contributed by atoms with Crippen LogP contribution in [0.1, 0.15) is 36.8 Å². The second-order valence-electron chi connectivity index (χ2n) is 4.56. The predicted octanol–water partition coefficient (Wildman–Crippen LogP) is 2.35. The van der Waals surface area contributed by atoms with Gasteiger partial charge in [0.1, 0.15) is 18.1 Å². The van der Waals surface area contributed by atoms with E-state index in [1.54, 1.807) is 6.20 Å². The van der Waals surface area contributed by atoms with Crippen LogP contribution in [0.2, 0.25) is 0 Å². The fourth-order valence-electron chi connectivity index (χ4n) is 2.31.